The number of ether oxygens (including phenoxy) is 1. The molecule has 4 rings (SSSR count). The van der Waals surface area contributed by atoms with E-state index in [1.54, 1.807) is 0 Å². The van der Waals surface area contributed by atoms with Crippen molar-refractivity contribution < 1.29 is 9.22 Å². The number of benzene rings is 2. The molecule has 0 saturated heterocycles. The van der Waals surface area contributed by atoms with E-state index < -0.39 is 0 Å². The predicted octanol–water partition coefficient (Wildman–Crippen LogP) is 5.08. The first-order valence-electron chi connectivity index (χ1n) is 10.7. The zero-order valence-electron chi connectivity index (χ0n) is 16.9. The van der Waals surface area contributed by atoms with Gasteiger partial charge in [-0.05, 0) is 36.3 Å². The van der Waals surface area contributed by atoms with Gasteiger partial charge in [0.2, 0.25) is 0 Å². The number of hydrogen-bond donors (Lipinski definition) is 0. The summed E-state index contributed by atoms with van der Waals surface area (Å²) >= 11 is 0. The molecule has 2 aromatic rings. The van der Waals surface area contributed by atoms with Gasteiger partial charge in [0.05, 0.1) is 39.4 Å². The van der Waals surface area contributed by atoms with Crippen molar-refractivity contribution in [1.29, 1.82) is 0 Å². The van der Waals surface area contributed by atoms with Crippen molar-refractivity contribution in [2.75, 3.05) is 20.6 Å². The van der Waals surface area contributed by atoms with Crippen LogP contribution >= 0.6 is 0 Å². The Morgan fingerprint density at radius 3 is 2.26 bits per heavy atom. The second-order valence-electron chi connectivity index (χ2n) is 9.16. The summed E-state index contributed by atoms with van der Waals surface area (Å²) in [5.41, 5.74) is 2.77. The third kappa shape index (κ3) is 4.28. The fourth-order valence-corrected chi connectivity index (χ4v) is 5.56. The van der Waals surface area contributed by atoms with E-state index in [-0.39, 0.29) is 0 Å². The van der Waals surface area contributed by atoms with Crippen LogP contribution in [0.2, 0.25) is 0 Å². The maximum Gasteiger partial charge on any atom is 0.0943 e. The Balaban J connectivity index is 1.32. The number of quaternary nitrogens is 1. The molecule has 2 fully saturated rings. The highest BCUT2D eigenvalue weighted by Gasteiger charge is 2.54. The van der Waals surface area contributed by atoms with Crippen LogP contribution in [0, 0.1) is 11.8 Å². The van der Waals surface area contributed by atoms with Crippen molar-refractivity contribution in [1.82, 2.24) is 0 Å². The first-order valence-corrected chi connectivity index (χ1v) is 10.7. The fraction of sp³-hybridized carbons (Fsp3) is 0.520. The Morgan fingerprint density at radius 1 is 0.889 bits per heavy atom. The van der Waals surface area contributed by atoms with Gasteiger partial charge in [0.25, 0.3) is 0 Å². The molecule has 0 radical (unpaired) electrons. The Kier molecular flexibility index (Phi) is 5.66. The fourth-order valence-electron chi connectivity index (χ4n) is 5.56. The lowest BCUT2D eigenvalue weighted by molar-refractivity contribution is -0.918. The second-order valence-corrected chi connectivity index (χ2v) is 9.16. The monoisotopic (exact) mass is 364 g/mol. The summed E-state index contributed by atoms with van der Waals surface area (Å²) in [5.74, 6) is 1.51. The molecule has 0 aromatic heterocycles. The number of rotatable bonds is 8. The number of fused-ring (bicyclic) bond motifs is 2. The van der Waals surface area contributed by atoms with Crippen molar-refractivity contribution in [3.63, 3.8) is 0 Å². The summed E-state index contributed by atoms with van der Waals surface area (Å²) in [6.07, 6.45) is 7.00. The normalized spacial score (nSPS) is 27.2. The Hall–Kier alpha value is -1.64. The minimum Gasteiger partial charge on any atom is -0.373 e. The Bertz CT molecular complexity index is 712. The lowest BCUT2D eigenvalue weighted by Gasteiger charge is -2.40. The van der Waals surface area contributed by atoms with Crippen LogP contribution in [0.4, 0.5) is 0 Å². The number of aryl methyl sites for hydroxylation is 1. The maximum atomic E-state index is 6.47. The van der Waals surface area contributed by atoms with Gasteiger partial charge in [-0.2, -0.15) is 0 Å². The summed E-state index contributed by atoms with van der Waals surface area (Å²) in [6, 6.07) is 22.3. The zero-order valence-corrected chi connectivity index (χ0v) is 16.9. The Morgan fingerprint density at radius 2 is 1.56 bits per heavy atom. The molecule has 2 aliphatic carbocycles. The lowest BCUT2D eigenvalue weighted by Crippen LogP contribution is -2.52. The zero-order chi connectivity index (χ0) is 18.7. The van der Waals surface area contributed by atoms with E-state index in [1.165, 1.54) is 49.8 Å². The van der Waals surface area contributed by atoms with E-state index in [2.05, 4.69) is 74.8 Å². The molecule has 2 bridgehead atoms. The topological polar surface area (TPSA) is 9.23 Å². The van der Waals surface area contributed by atoms with E-state index in [0.29, 0.717) is 6.10 Å². The van der Waals surface area contributed by atoms with Gasteiger partial charge in [-0.25, -0.2) is 0 Å². The molecule has 144 valence electrons. The van der Waals surface area contributed by atoms with Crippen molar-refractivity contribution in [3.05, 3.63) is 71.8 Å². The summed E-state index contributed by atoms with van der Waals surface area (Å²) in [5, 5.41) is 0. The van der Waals surface area contributed by atoms with Gasteiger partial charge in [-0.15, -0.1) is 0 Å². The highest BCUT2D eigenvalue weighted by Crippen LogP contribution is 2.50. The lowest BCUT2D eigenvalue weighted by atomic mass is 9.92. The standard InChI is InChI=1S/C25H34NO/c1-26(2,17-9-14-20-10-5-3-6-11-20)24-18-22-15-16-23(24)25(22)27-19-21-12-7-4-8-13-21/h3-8,10-13,22-25H,9,14-19H2,1-2H3/q+1/t22?,23-,24-,25?/m0/s1. The van der Waals surface area contributed by atoms with Gasteiger partial charge < -0.3 is 9.22 Å². The largest absolute Gasteiger partial charge is 0.373 e. The maximum absolute atomic E-state index is 6.47. The quantitative estimate of drug-likeness (QED) is 0.594. The highest BCUT2D eigenvalue weighted by molar-refractivity contribution is 5.15. The van der Waals surface area contributed by atoms with Crippen LogP contribution in [0.3, 0.4) is 0 Å². The molecule has 27 heavy (non-hydrogen) atoms. The molecular formula is C25H34NO+. The molecule has 2 aliphatic rings. The van der Waals surface area contributed by atoms with Crippen molar-refractivity contribution in [2.24, 2.45) is 11.8 Å². The van der Waals surface area contributed by atoms with Gasteiger partial charge in [-0.3, -0.25) is 0 Å². The summed E-state index contributed by atoms with van der Waals surface area (Å²) in [7, 11) is 4.90. The molecule has 0 heterocycles. The van der Waals surface area contributed by atoms with Gasteiger partial charge in [0, 0.05) is 18.8 Å². The van der Waals surface area contributed by atoms with Crippen molar-refractivity contribution >= 4 is 0 Å². The van der Waals surface area contributed by atoms with Crippen LogP contribution < -0.4 is 0 Å². The van der Waals surface area contributed by atoms with Gasteiger partial charge in [-0.1, -0.05) is 60.7 Å². The average Bonchev–Trinajstić information content (AvgIpc) is 3.25. The summed E-state index contributed by atoms with van der Waals surface area (Å²) in [4.78, 5) is 0. The van der Waals surface area contributed by atoms with Gasteiger partial charge in [0.15, 0.2) is 0 Å². The SMILES string of the molecule is C[N+](C)(CCCc1ccccc1)[C@H]1CC2CC[C@@H]1C2OCc1ccccc1. The molecule has 2 nitrogen and oxygen atoms in total. The van der Waals surface area contributed by atoms with Crippen molar-refractivity contribution in [3.8, 4) is 0 Å². The van der Waals surface area contributed by atoms with Crippen LogP contribution in [0.15, 0.2) is 60.7 Å². The smallest absolute Gasteiger partial charge is 0.0943 e. The summed E-state index contributed by atoms with van der Waals surface area (Å²) < 4.78 is 7.62. The molecular weight excluding hydrogens is 330 g/mol. The molecule has 2 saturated carbocycles. The molecule has 2 heteroatoms. The van der Waals surface area contributed by atoms with Crippen LogP contribution in [0.5, 0.6) is 0 Å². The minimum atomic E-state index is 0.474. The molecule has 0 aliphatic heterocycles. The van der Waals surface area contributed by atoms with Crippen LogP contribution in [-0.4, -0.2) is 37.3 Å². The van der Waals surface area contributed by atoms with Crippen LogP contribution in [0.1, 0.15) is 36.8 Å². The number of nitrogens with zero attached hydrogens (tertiary/aromatic N) is 1. The molecule has 2 aromatic carbocycles. The molecule has 2 unspecified atom stereocenters. The minimum absolute atomic E-state index is 0.474. The summed E-state index contributed by atoms with van der Waals surface area (Å²) in [6.45, 7) is 2.03. The van der Waals surface area contributed by atoms with Crippen molar-refractivity contribution in [2.45, 2.75) is 50.9 Å². The highest BCUT2D eigenvalue weighted by atomic mass is 16.5. The van der Waals surface area contributed by atoms with E-state index in [1.807, 2.05) is 0 Å². The van der Waals surface area contributed by atoms with E-state index in [0.717, 1.165) is 29.0 Å². The van der Waals surface area contributed by atoms with E-state index >= 15 is 0 Å². The number of hydrogen-bond acceptors (Lipinski definition) is 1. The third-order valence-corrected chi connectivity index (χ3v) is 7.02. The molecule has 4 atom stereocenters. The van der Waals surface area contributed by atoms with E-state index in [4.69, 9.17) is 4.74 Å². The second kappa shape index (κ2) is 8.16. The van der Waals surface area contributed by atoms with Gasteiger partial charge in [0.1, 0.15) is 0 Å². The molecule has 0 amide bonds. The predicted molar refractivity (Wildman–Crippen MR) is 111 cm³/mol. The third-order valence-electron chi connectivity index (χ3n) is 7.02. The first kappa shape index (κ1) is 18.7. The van der Waals surface area contributed by atoms with Gasteiger partial charge >= 0.3 is 0 Å². The average molecular weight is 365 g/mol. The molecule has 0 spiro atoms. The van der Waals surface area contributed by atoms with Crippen LogP contribution in [-0.2, 0) is 17.8 Å². The first-order chi connectivity index (χ1) is 13.1. The Labute approximate surface area is 164 Å². The molecule has 0 N–H and O–H groups in total. The van der Waals surface area contributed by atoms with E-state index in [9.17, 15) is 0 Å². The van der Waals surface area contributed by atoms with Crippen LogP contribution in [0.25, 0.3) is 0 Å².